The highest BCUT2D eigenvalue weighted by atomic mass is 16.5. The van der Waals surface area contributed by atoms with E-state index in [0.717, 1.165) is 48.8 Å². The normalized spacial score (nSPS) is 14.5. The van der Waals surface area contributed by atoms with E-state index < -0.39 is 0 Å². The smallest absolute Gasteiger partial charge is 0.227 e. The summed E-state index contributed by atoms with van der Waals surface area (Å²) < 4.78 is 7.16. The largest absolute Gasteiger partial charge is 0.378 e. The van der Waals surface area contributed by atoms with Crippen LogP contribution in [-0.4, -0.2) is 46.1 Å². The van der Waals surface area contributed by atoms with Crippen LogP contribution in [0.15, 0.2) is 42.9 Å². The number of benzene rings is 1. The minimum absolute atomic E-state index is 0.566. The lowest BCUT2D eigenvalue weighted by Crippen LogP contribution is -2.36. The van der Waals surface area contributed by atoms with Crippen LogP contribution in [0.1, 0.15) is 5.56 Å². The molecule has 2 aromatic heterocycles. The van der Waals surface area contributed by atoms with Crippen LogP contribution in [0, 0.1) is 6.92 Å². The molecule has 4 rings (SSSR count). The van der Waals surface area contributed by atoms with Gasteiger partial charge in [0.2, 0.25) is 5.95 Å². The zero-order chi connectivity index (χ0) is 17.9. The molecule has 0 radical (unpaired) electrons. The Kier molecular flexibility index (Phi) is 4.53. The van der Waals surface area contributed by atoms with E-state index in [4.69, 9.17) is 9.72 Å². The first-order valence-electron chi connectivity index (χ1n) is 8.71. The summed E-state index contributed by atoms with van der Waals surface area (Å²) in [5.41, 5.74) is 5.14. The summed E-state index contributed by atoms with van der Waals surface area (Å²) in [6.45, 7) is 5.47. The van der Waals surface area contributed by atoms with Crippen molar-refractivity contribution in [3.8, 4) is 11.3 Å². The highest BCUT2D eigenvalue weighted by molar-refractivity contribution is 5.67. The number of hydrogen-bond donors (Lipinski definition) is 1. The molecule has 1 aromatic carbocycles. The second-order valence-electron chi connectivity index (χ2n) is 6.40. The van der Waals surface area contributed by atoms with Crippen molar-refractivity contribution in [3.05, 3.63) is 48.4 Å². The maximum absolute atomic E-state index is 5.42. The summed E-state index contributed by atoms with van der Waals surface area (Å²) >= 11 is 0. The van der Waals surface area contributed by atoms with Crippen LogP contribution in [0.2, 0.25) is 0 Å². The summed E-state index contributed by atoms with van der Waals surface area (Å²) in [6, 6.07) is 8.54. The van der Waals surface area contributed by atoms with E-state index >= 15 is 0 Å². The number of hydrogen-bond acceptors (Lipinski definition) is 6. The SMILES string of the molecule is Cc1cnc(Nc2cnn(C)c2)nc1-c1ccc(N2CCOCC2)cc1. The van der Waals surface area contributed by atoms with Crippen molar-refractivity contribution < 1.29 is 4.74 Å². The number of nitrogens with zero attached hydrogens (tertiary/aromatic N) is 5. The molecule has 7 heteroatoms. The molecule has 1 saturated heterocycles. The lowest BCUT2D eigenvalue weighted by Gasteiger charge is -2.28. The minimum Gasteiger partial charge on any atom is -0.378 e. The van der Waals surface area contributed by atoms with Gasteiger partial charge in [-0.1, -0.05) is 12.1 Å². The number of ether oxygens (including phenoxy) is 1. The Morgan fingerprint density at radius 1 is 1.08 bits per heavy atom. The van der Waals surface area contributed by atoms with E-state index in [9.17, 15) is 0 Å². The topological polar surface area (TPSA) is 68.1 Å². The van der Waals surface area contributed by atoms with Gasteiger partial charge in [-0.2, -0.15) is 5.10 Å². The van der Waals surface area contributed by atoms with E-state index in [-0.39, 0.29) is 0 Å². The molecule has 0 spiro atoms. The summed E-state index contributed by atoms with van der Waals surface area (Å²) in [6.07, 6.45) is 5.48. The maximum atomic E-state index is 5.42. The molecule has 0 aliphatic carbocycles. The Labute approximate surface area is 152 Å². The van der Waals surface area contributed by atoms with E-state index in [1.165, 1.54) is 5.69 Å². The van der Waals surface area contributed by atoms with E-state index in [1.54, 1.807) is 10.9 Å². The van der Waals surface area contributed by atoms with Crippen molar-refractivity contribution in [2.75, 3.05) is 36.5 Å². The minimum atomic E-state index is 0.566. The molecule has 0 atom stereocenters. The Balaban J connectivity index is 1.57. The highest BCUT2D eigenvalue weighted by Crippen LogP contribution is 2.26. The predicted octanol–water partition coefficient (Wildman–Crippen LogP) is 2.77. The fraction of sp³-hybridized carbons (Fsp3) is 0.316. The molecule has 134 valence electrons. The summed E-state index contributed by atoms with van der Waals surface area (Å²) in [5.74, 6) is 0.566. The lowest BCUT2D eigenvalue weighted by atomic mass is 10.1. The van der Waals surface area contributed by atoms with Crippen LogP contribution in [0.4, 0.5) is 17.3 Å². The quantitative estimate of drug-likeness (QED) is 0.780. The Morgan fingerprint density at radius 2 is 1.85 bits per heavy atom. The Hall–Kier alpha value is -2.93. The van der Waals surface area contributed by atoms with Crippen molar-refractivity contribution in [2.24, 2.45) is 7.05 Å². The third-order valence-corrected chi connectivity index (χ3v) is 4.45. The number of rotatable bonds is 4. The molecule has 1 fully saturated rings. The van der Waals surface area contributed by atoms with Crippen LogP contribution in [0.3, 0.4) is 0 Å². The summed E-state index contributed by atoms with van der Waals surface area (Å²) in [5, 5.41) is 7.35. The lowest BCUT2D eigenvalue weighted by molar-refractivity contribution is 0.122. The van der Waals surface area contributed by atoms with Gasteiger partial charge in [-0.25, -0.2) is 9.97 Å². The first-order valence-corrected chi connectivity index (χ1v) is 8.71. The standard InChI is InChI=1S/C19H22N6O/c1-14-11-20-19(22-16-12-21-24(2)13-16)23-18(14)15-3-5-17(6-4-15)25-7-9-26-10-8-25/h3-6,11-13H,7-10H2,1-2H3,(H,20,22,23). The Morgan fingerprint density at radius 3 is 2.54 bits per heavy atom. The van der Waals surface area contributed by atoms with Gasteiger partial charge >= 0.3 is 0 Å². The summed E-state index contributed by atoms with van der Waals surface area (Å²) in [4.78, 5) is 11.4. The number of aryl methyl sites for hydroxylation is 2. The van der Waals surface area contributed by atoms with Crippen LogP contribution in [0.5, 0.6) is 0 Å². The molecule has 3 aromatic rings. The Bertz CT molecular complexity index is 883. The van der Waals surface area contributed by atoms with Gasteiger partial charge in [0.1, 0.15) is 0 Å². The molecule has 0 bridgehead atoms. The molecule has 7 nitrogen and oxygen atoms in total. The van der Waals surface area contributed by atoms with Crippen molar-refractivity contribution in [1.29, 1.82) is 0 Å². The van der Waals surface area contributed by atoms with Gasteiger partial charge in [0.05, 0.1) is 30.8 Å². The molecule has 1 aliphatic rings. The van der Waals surface area contributed by atoms with Crippen LogP contribution in [0.25, 0.3) is 11.3 Å². The van der Waals surface area contributed by atoms with Gasteiger partial charge in [0.25, 0.3) is 0 Å². The van der Waals surface area contributed by atoms with Crippen LogP contribution in [-0.2, 0) is 11.8 Å². The van der Waals surface area contributed by atoms with E-state index in [2.05, 4.69) is 44.6 Å². The average Bonchev–Trinajstić information content (AvgIpc) is 3.09. The third kappa shape index (κ3) is 3.52. The number of anilines is 3. The van der Waals surface area contributed by atoms with Crippen LogP contribution < -0.4 is 10.2 Å². The second kappa shape index (κ2) is 7.13. The van der Waals surface area contributed by atoms with Gasteiger partial charge in [0.15, 0.2) is 0 Å². The highest BCUT2D eigenvalue weighted by Gasteiger charge is 2.12. The van der Waals surface area contributed by atoms with Crippen molar-refractivity contribution in [1.82, 2.24) is 19.7 Å². The van der Waals surface area contributed by atoms with Crippen molar-refractivity contribution in [2.45, 2.75) is 6.92 Å². The van der Waals surface area contributed by atoms with E-state index in [1.807, 2.05) is 26.4 Å². The average molecular weight is 350 g/mol. The molecular weight excluding hydrogens is 328 g/mol. The molecule has 1 N–H and O–H groups in total. The molecule has 26 heavy (non-hydrogen) atoms. The fourth-order valence-electron chi connectivity index (χ4n) is 3.06. The van der Waals surface area contributed by atoms with Crippen LogP contribution >= 0.6 is 0 Å². The zero-order valence-electron chi connectivity index (χ0n) is 15.0. The van der Waals surface area contributed by atoms with Gasteiger partial charge in [-0.05, 0) is 24.6 Å². The molecular formula is C19H22N6O. The van der Waals surface area contributed by atoms with Gasteiger partial charge in [-0.15, -0.1) is 0 Å². The third-order valence-electron chi connectivity index (χ3n) is 4.45. The molecule has 0 unspecified atom stereocenters. The maximum Gasteiger partial charge on any atom is 0.227 e. The first kappa shape index (κ1) is 16.5. The molecule has 0 amide bonds. The van der Waals surface area contributed by atoms with Gasteiger partial charge in [-0.3, -0.25) is 4.68 Å². The monoisotopic (exact) mass is 350 g/mol. The molecule has 1 aliphatic heterocycles. The number of nitrogens with one attached hydrogen (secondary N) is 1. The summed E-state index contributed by atoms with van der Waals surface area (Å²) in [7, 11) is 1.88. The fourth-order valence-corrected chi connectivity index (χ4v) is 3.06. The predicted molar refractivity (Wildman–Crippen MR) is 102 cm³/mol. The van der Waals surface area contributed by atoms with Gasteiger partial charge in [0, 0.05) is 43.8 Å². The molecule has 3 heterocycles. The second-order valence-corrected chi connectivity index (χ2v) is 6.40. The first-order chi connectivity index (χ1) is 12.7. The van der Waals surface area contributed by atoms with E-state index in [0.29, 0.717) is 5.95 Å². The number of aromatic nitrogens is 4. The van der Waals surface area contributed by atoms with Crippen molar-refractivity contribution in [3.63, 3.8) is 0 Å². The molecule has 0 saturated carbocycles. The van der Waals surface area contributed by atoms with Crippen molar-refractivity contribution >= 4 is 17.3 Å². The zero-order valence-corrected chi connectivity index (χ0v) is 15.0. The van der Waals surface area contributed by atoms with Gasteiger partial charge < -0.3 is 15.0 Å². The number of morpholine rings is 1.